The molecule has 1 aromatic carbocycles. The average Bonchev–Trinajstić information content (AvgIpc) is 2.65. The lowest BCUT2D eigenvalue weighted by atomic mass is 10.2. The molecule has 0 aromatic heterocycles. The van der Waals surface area contributed by atoms with Crippen LogP contribution in [0.4, 0.5) is 15.8 Å². The number of carbonyl (C=O) groups excluding carboxylic acids is 1. The molecular weight excluding hydrogens is 261 g/mol. The summed E-state index contributed by atoms with van der Waals surface area (Å²) in [6.07, 6.45) is 0.811. The van der Waals surface area contributed by atoms with E-state index in [2.05, 4.69) is 0 Å². The third-order valence-electron chi connectivity index (χ3n) is 3.58. The van der Waals surface area contributed by atoms with Crippen LogP contribution in [0.5, 0.6) is 5.75 Å². The van der Waals surface area contributed by atoms with Crippen LogP contribution in [0.15, 0.2) is 12.1 Å². The molecule has 1 aliphatic heterocycles. The van der Waals surface area contributed by atoms with Crippen LogP contribution < -0.4 is 15.4 Å². The van der Waals surface area contributed by atoms with Crippen LogP contribution in [-0.2, 0) is 4.79 Å². The fraction of sp³-hybridized carbons (Fsp3) is 0.500. The summed E-state index contributed by atoms with van der Waals surface area (Å²) in [5.41, 5.74) is 6.45. The van der Waals surface area contributed by atoms with Crippen LogP contribution in [0.3, 0.4) is 0 Å². The number of methoxy groups -OCH3 is 1. The first-order valence-electron chi connectivity index (χ1n) is 6.66. The number of halogens is 1. The molecule has 2 rings (SSSR count). The second-order valence-electron chi connectivity index (χ2n) is 4.89. The van der Waals surface area contributed by atoms with Crippen molar-refractivity contribution >= 4 is 17.3 Å². The third-order valence-corrected chi connectivity index (χ3v) is 3.58. The predicted octanol–water partition coefficient (Wildman–Crippen LogP) is 1.48. The molecule has 0 saturated carbocycles. The van der Waals surface area contributed by atoms with Gasteiger partial charge in [-0.05, 0) is 6.42 Å². The Morgan fingerprint density at radius 2 is 2.05 bits per heavy atom. The SMILES string of the molecule is COc1cc(N2CCCN(C(C)=O)CC2)c(F)cc1N. The van der Waals surface area contributed by atoms with Gasteiger partial charge in [-0.25, -0.2) is 4.39 Å². The highest BCUT2D eigenvalue weighted by Gasteiger charge is 2.20. The number of anilines is 2. The Bertz CT molecular complexity index is 507. The van der Waals surface area contributed by atoms with Crippen LogP contribution in [-0.4, -0.2) is 44.1 Å². The number of ether oxygens (including phenoxy) is 1. The summed E-state index contributed by atoms with van der Waals surface area (Å²) < 4.78 is 19.2. The van der Waals surface area contributed by atoms with Gasteiger partial charge < -0.3 is 20.3 Å². The molecule has 2 N–H and O–H groups in total. The number of nitrogen functional groups attached to an aromatic ring is 1. The van der Waals surface area contributed by atoms with Gasteiger partial charge in [0.05, 0.1) is 18.5 Å². The van der Waals surface area contributed by atoms with Crippen LogP contribution >= 0.6 is 0 Å². The summed E-state index contributed by atoms with van der Waals surface area (Å²) in [5.74, 6) is 0.163. The van der Waals surface area contributed by atoms with Gasteiger partial charge in [-0.3, -0.25) is 4.79 Å². The fourth-order valence-corrected chi connectivity index (χ4v) is 2.45. The molecule has 0 unspecified atom stereocenters. The Morgan fingerprint density at radius 1 is 1.30 bits per heavy atom. The average molecular weight is 281 g/mol. The zero-order chi connectivity index (χ0) is 14.7. The van der Waals surface area contributed by atoms with Crippen molar-refractivity contribution in [2.75, 3.05) is 43.9 Å². The summed E-state index contributed by atoms with van der Waals surface area (Å²) in [7, 11) is 1.51. The Labute approximate surface area is 118 Å². The zero-order valence-corrected chi connectivity index (χ0v) is 11.9. The molecule has 1 saturated heterocycles. The molecule has 0 spiro atoms. The monoisotopic (exact) mass is 281 g/mol. The number of carbonyl (C=O) groups is 1. The lowest BCUT2D eigenvalue weighted by molar-refractivity contribution is -0.128. The van der Waals surface area contributed by atoms with Gasteiger partial charge in [-0.2, -0.15) is 0 Å². The fourth-order valence-electron chi connectivity index (χ4n) is 2.45. The Hall–Kier alpha value is -1.98. The van der Waals surface area contributed by atoms with E-state index < -0.39 is 0 Å². The first kappa shape index (κ1) is 14.4. The van der Waals surface area contributed by atoms with Crippen molar-refractivity contribution in [3.63, 3.8) is 0 Å². The number of hydrogen-bond donors (Lipinski definition) is 1. The predicted molar refractivity (Wildman–Crippen MR) is 76.4 cm³/mol. The molecular formula is C14H20FN3O2. The van der Waals surface area contributed by atoms with Crippen LogP contribution in [0, 0.1) is 5.82 Å². The van der Waals surface area contributed by atoms with E-state index >= 15 is 0 Å². The van der Waals surface area contributed by atoms with Crippen LogP contribution in [0.25, 0.3) is 0 Å². The second kappa shape index (κ2) is 5.98. The van der Waals surface area contributed by atoms with Crippen molar-refractivity contribution in [1.82, 2.24) is 4.90 Å². The quantitative estimate of drug-likeness (QED) is 0.834. The van der Waals surface area contributed by atoms with Gasteiger partial charge in [-0.15, -0.1) is 0 Å². The van der Waals surface area contributed by atoms with E-state index in [4.69, 9.17) is 10.5 Å². The van der Waals surface area contributed by atoms with E-state index in [-0.39, 0.29) is 17.4 Å². The zero-order valence-electron chi connectivity index (χ0n) is 11.9. The van der Waals surface area contributed by atoms with Crippen molar-refractivity contribution in [3.05, 3.63) is 17.9 Å². The van der Waals surface area contributed by atoms with E-state index in [9.17, 15) is 9.18 Å². The van der Waals surface area contributed by atoms with Crippen molar-refractivity contribution in [3.8, 4) is 5.75 Å². The van der Waals surface area contributed by atoms with E-state index in [1.807, 2.05) is 4.90 Å². The maximum Gasteiger partial charge on any atom is 0.219 e. The van der Waals surface area contributed by atoms with Gasteiger partial charge in [0.25, 0.3) is 0 Å². The summed E-state index contributed by atoms with van der Waals surface area (Å²) in [4.78, 5) is 15.1. The summed E-state index contributed by atoms with van der Waals surface area (Å²) >= 11 is 0. The minimum atomic E-state index is -0.362. The van der Waals surface area contributed by atoms with Gasteiger partial charge in [0, 0.05) is 45.2 Å². The molecule has 0 aliphatic carbocycles. The highest BCUT2D eigenvalue weighted by Crippen LogP contribution is 2.31. The Kier molecular flexibility index (Phi) is 4.32. The molecule has 0 bridgehead atoms. The normalized spacial score (nSPS) is 15.9. The Morgan fingerprint density at radius 3 is 2.70 bits per heavy atom. The first-order chi connectivity index (χ1) is 9.52. The highest BCUT2D eigenvalue weighted by atomic mass is 19.1. The van der Waals surface area contributed by atoms with Crippen LogP contribution in [0.1, 0.15) is 13.3 Å². The lowest BCUT2D eigenvalue weighted by Gasteiger charge is -2.24. The molecule has 1 aliphatic rings. The van der Waals surface area contributed by atoms with Gasteiger partial charge in [-0.1, -0.05) is 0 Å². The van der Waals surface area contributed by atoms with Crippen molar-refractivity contribution < 1.29 is 13.9 Å². The minimum Gasteiger partial charge on any atom is -0.495 e. The molecule has 1 amide bonds. The van der Waals surface area contributed by atoms with E-state index in [0.29, 0.717) is 37.6 Å². The van der Waals surface area contributed by atoms with Crippen molar-refractivity contribution in [2.45, 2.75) is 13.3 Å². The maximum atomic E-state index is 14.1. The number of rotatable bonds is 2. The minimum absolute atomic E-state index is 0.0576. The van der Waals surface area contributed by atoms with E-state index in [1.54, 1.807) is 17.9 Å². The van der Waals surface area contributed by atoms with Gasteiger partial charge >= 0.3 is 0 Å². The second-order valence-corrected chi connectivity index (χ2v) is 4.89. The smallest absolute Gasteiger partial charge is 0.219 e. The number of nitrogens with two attached hydrogens (primary N) is 1. The molecule has 5 nitrogen and oxygen atoms in total. The number of nitrogens with zero attached hydrogens (tertiary/aromatic N) is 2. The Balaban J connectivity index is 2.21. The van der Waals surface area contributed by atoms with Crippen LogP contribution in [0.2, 0.25) is 0 Å². The maximum absolute atomic E-state index is 14.1. The summed E-state index contributed by atoms with van der Waals surface area (Å²) in [5, 5.41) is 0. The van der Waals surface area contributed by atoms with Crippen molar-refractivity contribution in [1.29, 1.82) is 0 Å². The number of hydrogen-bond acceptors (Lipinski definition) is 4. The summed E-state index contributed by atoms with van der Waals surface area (Å²) in [6.45, 7) is 4.17. The molecule has 20 heavy (non-hydrogen) atoms. The highest BCUT2D eigenvalue weighted by molar-refractivity contribution is 5.73. The first-order valence-corrected chi connectivity index (χ1v) is 6.66. The molecule has 1 aromatic rings. The molecule has 0 radical (unpaired) electrons. The summed E-state index contributed by atoms with van der Waals surface area (Å²) in [6, 6.07) is 2.90. The van der Waals surface area contributed by atoms with E-state index in [0.717, 1.165) is 6.42 Å². The molecule has 110 valence electrons. The van der Waals surface area contributed by atoms with Gasteiger partial charge in [0.1, 0.15) is 11.6 Å². The standard InChI is InChI=1S/C14H20FN3O2/c1-10(19)17-4-3-5-18(7-6-17)13-9-14(20-2)12(16)8-11(13)15/h8-9H,3-7,16H2,1-2H3. The molecule has 0 atom stereocenters. The topological polar surface area (TPSA) is 58.8 Å². The van der Waals surface area contributed by atoms with Crippen molar-refractivity contribution in [2.24, 2.45) is 0 Å². The van der Waals surface area contributed by atoms with Gasteiger partial charge in [0.15, 0.2) is 0 Å². The number of benzene rings is 1. The van der Waals surface area contributed by atoms with Gasteiger partial charge in [0.2, 0.25) is 5.91 Å². The lowest BCUT2D eigenvalue weighted by Crippen LogP contribution is -2.33. The third kappa shape index (κ3) is 2.95. The largest absolute Gasteiger partial charge is 0.495 e. The molecule has 6 heteroatoms. The molecule has 1 heterocycles. The molecule has 1 fully saturated rings. The van der Waals surface area contributed by atoms with E-state index in [1.165, 1.54) is 13.2 Å². The number of amides is 1.